The van der Waals surface area contributed by atoms with Crippen LogP contribution in [0.25, 0.3) is 0 Å². The summed E-state index contributed by atoms with van der Waals surface area (Å²) in [4.78, 5) is 0. The standard InChI is InChI=1S/C6H8BrN3O/c7-6-5(8-10-9-6)4-1-2-11-3-4/h4H,1-3H2,(H,8,9,10). The zero-order valence-electron chi connectivity index (χ0n) is 5.88. The van der Waals surface area contributed by atoms with Crippen LogP contribution in [-0.2, 0) is 4.74 Å². The van der Waals surface area contributed by atoms with Crippen molar-refractivity contribution >= 4 is 15.9 Å². The van der Waals surface area contributed by atoms with Gasteiger partial charge in [0.1, 0.15) is 5.69 Å². The van der Waals surface area contributed by atoms with Crippen molar-refractivity contribution in [3.8, 4) is 0 Å². The van der Waals surface area contributed by atoms with E-state index in [4.69, 9.17) is 4.74 Å². The molecule has 2 heterocycles. The summed E-state index contributed by atoms with van der Waals surface area (Å²) in [5.41, 5.74) is 0.988. The summed E-state index contributed by atoms with van der Waals surface area (Å²) in [6.07, 6.45) is 1.05. The van der Waals surface area contributed by atoms with E-state index in [0.717, 1.165) is 29.9 Å². The van der Waals surface area contributed by atoms with Crippen LogP contribution >= 0.6 is 15.9 Å². The topological polar surface area (TPSA) is 50.8 Å². The van der Waals surface area contributed by atoms with Crippen molar-refractivity contribution < 1.29 is 4.74 Å². The second-order valence-electron chi connectivity index (χ2n) is 2.56. The molecule has 1 aliphatic heterocycles. The molecule has 0 saturated carbocycles. The van der Waals surface area contributed by atoms with Crippen LogP contribution in [0.3, 0.4) is 0 Å². The van der Waals surface area contributed by atoms with Crippen LogP contribution in [0.2, 0.25) is 0 Å². The molecule has 0 radical (unpaired) electrons. The number of rotatable bonds is 1. The van der Waals surface area contributed by atoms with Gasteiger partial charge in [0.25, 0.3) is 0 Å². The van der Waals surface area contributed by atoms with Crippen molar-refractivity contribution in [2.75, 3.05) is 13.2 Å². The smallest absolute Gasteiger partial charge is 0.151 e. The maximum atomic E-state index is 5.23. The number of aromatic nitrogens is 3. The van der Waals surface area contributed by atoms with E-state index < -0.39 is 0 Å². The molecular formula is C6H8BrN3O. The lowest BCUT2D eigenvalue weighted by Gasteiger charge is -2.00. The highest BCUT2D eigenvalue weighted by molar-refractivity contribution is 9.10. The molecule has 1 unspecified atom stereocenters. The zero-order chi connectivity index (χ0) is 7.68. The molecule has 11 heavy (non-hydrogen) atoms. The van der Waals surface area contributed by atoms with Crippen molar-refractivity contribution in [2.45, 2.75) is 12.3 Å². The minimum absolute atomic E-state index is 0.420. The number of nitrogens with zero attached hydrogens (tertiary/aromatic N) is 2. The van der Waals surface area contributed by atoms with Gasteiger partial charge >= 0.3 is 0 Å². The van der Waals surface area contributed by atoms with E-state index >= 15 is 0 Å². The Morgan fingerprint density at radius 2 is 2.45 bits per heavy atom. The lowest BCUT2D eigenvalue weighted by atomic mass is 10.1. The van der Waals surface area contributed by atoms with Gasteiger partial charge in [0.05, 0.1) is 6.61 Å². The number of nitrogens with one attached hydrogen (secondary N) is 1. The first-order chi connectivity index (χ1) is 5.38. The number of H-pyrrole nitrogens is 1. The number of ether oxygens (including phenoxy) is 1. The average molecular weight is 218 g/mol. The largest absolute Gasteiger partial charge is 0.381 e. The third kappa shape index (κ3) is 1.30. The molecule has 2 rings (SSSR count). The van der Waals surface area contributed by atoms with Gasteiger partial charge in [-0.25, -0.2) is 0 Å². The van der Waals surface area contributed by atoms with Gasteiger partial charge in [-0.15, -0.1) is 5.10 Å². The summed E-state index contributed by atoms with van der Waals surface area (Å²) in [5, 5.41) is 10.5. The van der Waals surface area contributed by atoms with Crippen LogP contribution < -0.4 is 0 Å². The van der Waals surface area contributed by atoms with Gasteiger partial charge < -0.3 is 4.74 Å². The number of halogens is 1. The lowest BCUT2D eigenvalue weighted by Crippen LogP contribution is -1.98. The number of hydrogen-bond acceptors (Lipinski definition) is 3. The molecule has 5 heteroatoms. The Morgan fingerprint density at radius 3 is 3.00 bits per heavy atom. The van der Waals surface area contributed by atoms with Crippen LogP contribution in [-0.4, -0.2) is 28.6 Å². The molecule has 1 saturated heterocycles. The summed E-state index contributed by atoms with van der Waals surface area (Å²) in [6.45, 7) is 1.61. The van der Waals surface area contributed by atoms with E-state index in [9.17, 15) is 0 Å². The predicted octanol–water partition coefficient (Wildman–Crippen LogP) is 1.07. The second-order valence-corrected chi connectivity index (χ2v) is 3.31. The van der Waals surface area contributed by atoms with Crippen LogP contribution in [0, 0.1) is 0 Å². The van der Waals surface area contributed by atoms with E-state index in [2.05, 4.69) is 31.3 Å². The maximum absolute atomic E-state index is 5.23. The minimum atomic E-state index is 0.420. The normalized spacial score (nSPS) is 24.3. The second kappa shape index (κ2) is 2.91. The summed E-state index contributed by atoms with van der Waals surface area (Å²) in [5.74, 6) is 0.420. The number of aromatic amines is 1. The summed E-state index contributed by atoms with van der Waals surface area (Å²) >= 11 is 3.32. The van der Waals surface area contributed by atoms with Gasteiger partial charge in [-0.1, -0.05) is 0 Å². The van der Waals surface area contributed by atoms with Gasteiger partial charge in [-0.05, 0) is 22.4 Å². The Kier molecular flexibility index (Phi) is 1.91. The van der Waals surface area contributed by atoms with Gasteiger partial charge in [0, 0.05) is 12.5 Å². The van der Waals surface area contributed by atoms with Crippen molar-refractivity contribution in [3.63, 3.8) is 0 Å². The van der Waals surface area contributed by atoms with E-state index in [0.29, 0.717) is 5.92 Å². The molecule has 4 nitrogen and oxygen atoms in total. The molecule has 60 valence electrons. The molecule has 0 aliphatic carbocycles. The number of hydrogen-bond donors (Lipinski definition) is 1. The third-order valence-corrected chi connectivity index (χ3v) is 2.43. The van der Waals surface area contributed by atoms with E-state index in [1.807, 2.05) is 0 Å². The molecule has 1 aromatic rings. The van der Waals surface area contributed by atoms with Crippen LogP contribution in [0.4, 0.5) is 0 Å². The lowest BCUT2D eigenvalue weighted by molar-refractivity contribution is 0.193. The minimum Gasteiger partial charge on any atom is -0.381 e. The first kappa shape index (κ1) is 7.24. The SMILES string of the molecule is Brc1n[nH]nc1C1CCOC1. The maximum Gasteiger partial charge on any atom is 0.151 e. The molecule has 0 spiro atoms. The fourth-order valence-electron chi connectivity index (χ4n) is 1.24. The Morgan fingerprint density at radius 1 is 1.55 bits per heavy atom. The fourth-order valence-corrected chi connectivity index (χ4v) is 1.73. The first-order valence-corrected chi connectivity index (χ1v) is 4.31. The summed E-state index contributed by atoms with van der Waals surface area (Å²) < 4.78 is 6.05. The molecule has 1 atom stereocenters. The quantitative estimate of drug-likeness (QED) is 0.766. The highest BCUT2D eigenvalue weighted by Crippen LogP contribution is 2.27. The third-order valence-electron chi connectivity index (χ3n) is 1.85. The monoisotopic (exact) mass is 217 g/mol. The highest BCUT2D eigenvalue weighted by atomic mass is 79.9. The van der Waals surface area contributed by atoms with Crippen LogP contribution in [0.1, 0.15) is 18.0 Å². The molecule has 1 fully saturated rings. The molecular weight excluding hydrogens is 210 g/mol. The van der Waals surface area contributed by atoms with E-state index in [1.54, 1.807) is 0 Å². The first-order valence-electron chi connectivity index (χ1n) is 3.52. The van der Waals surface area contributed by atoms with Gasteiger partial charge in [-0.3, -0.25) is 0 Å². The fraction of sp³-hybridized carbons (Fsp3) is 0.667. The molecule has 1 N–H and O–H groups in total. The zero-order valence-corrected chi connectivity index (χ0v) is 7.47. The highest BCUT2D eigenvalue weighted by Gasteiger charge is 2.22. The van der Waals surface area contributed by atoms with Crippen molar-refractivity contribution in [2.24, 2.45) is 0 Å². The molecule has 0 amide bonds. The summed E-state index contributed by atoms with van der Waals surface area (Å²) in [7, 11) is 0. The van der Waals surface area contributed by atoms with Crippen molar-refractivity contribution in [1.29, 1.82) is 0 Å². The Labute approximate surface area is 72.5 Å². The average Bonchev–Trinajstić information content (AvgIpc) is 2.55. The predicted molar refractivity (Wildman–Crippen MR) is 42.3 cm³/mol. The molecule has 0 bridgehead atoms. The Bertz CT molecular complexity index is 244. The van der Waals surface area contributed by atoms with Gasteiger partial charge in [0.15, 0.2) is 4.60 Å². The molecule has 0 aromatic carbocycles. The van der Waals surface area contributed by atoms with Crippen molar-refractivity contribution in [3.05, 3.63) is 10.3 Å². The molecule has 1 aromatic heterocycles. The van der Waals surface area contributed by atoms with E-state index in [1.165, 1.54) is 0 Å². The Balaban J connectivity index is 2.21. The molecule has 1 aliphatic rings. The van der Waals surface area contributed by atoms with Crippen LogP contribution in [0.15, 0.2) is 4.60 Å². The summed E-state index contributed by atoms with van der Waals surface area (Å²) in [6, 6.07) is 0. The van der Waals surface area contributed by atoms with Crippen molar-refractivity contribution in [1.82, 2.24) is 15.4 Å². The van der Waals surface area contributed by atoms with Gasteiger partial charge in [0.2, 0.25) is 0 Å². The van der Waals surface area contributed by atoms with Crippen LogP contribution in [0.5, 0.6) is 0 Å². The van der Waals surface area contributed by atoms with E-state index in [-0.39, 0.29) is 0 Å². The van der Waals surface area contributed by atoms with Gasteiger partial charge in [-0.2, -0.15) is 10.3 Å². The Hall–Kier alpha value is -0.420.